The van der Waals surface area contributed by atoms with Crippen LogP contribution in [0.15, 0.2) is 6.07 Å². The van der Waals surface area contributed by atoms with Crippen LogP contribution in [0.5, 0.6) is 0 Å². The average molecular weight is 291 g/mol. The molecule has 0 aliphatic carbocycles. The van der Waals surface area contributed by atoms with Crippen molar-refractivity contribution in [3.8, 4) is 0 Å². The minimum atomic E-state index is -2.59. The number of halogens is 5. The fourth-order valence-electron chi connectivity index (χ4n) is 0.855. The fraction of sp³-hybridized carbons (Fsp3) is 0.286. The van der Waals surface area contributed by atoms with Crippen LogP contribution in [0, 0.1) is 0 Å². The summed E-state index contributed by atoms with van der Waals surface area (Å²) >= 11 is 14.2. The molecule has 0 N–H and O–H groups in total. The molecule has 1 nitrogen and oxygen atoms in total. The first-order valence-electron chi connectivity index (χ1n) is 3.25. The lowest BCUT2D eigenvalue weighted by Gasteiger charge is -2.07. The second-order valence-electron chi connectivity index (χ2n) is 2.24. The van der Waals surface area contributed by atoms with Gasteiger partial charge in [-0.25, -0.2) is 13.8 Å². The molecular formula is C7H4BrCl2F2N. The van der Waals surface area contributed by atoms with Crippen LogP contribution in [0.3, 0.4) is 0 Å². The van der Waals surface area contributed by atoms with E-state index in [1.807, 2.05) is 0 Å². The van der Waals surface area contributed by atoms with Gasteiger partial charge in [0.1, 0.15) is 10.3 Å². The minimum absolute atomic E-state index is 0.0136. The number of pyridine rings is 1. The Morgan fingerprint density at radius 1 is 1.46 bits per heavy atom. The van der Waals surface area contributed by atoms with Crippen LogP contribution in [-0.4, -0.2) is 4.98 Å². The smallest absolute Gasteiger partial charge is 0.224 e. The summed E-state index contributed by atoms with van der Waals surface area (Å²) in [5.74, 6) is 0. The SMILES string of the molecule is FC(F)c1cc(Cl)nc(Cl)c1CBr. The Balaban J connectivity index is 3.29. The van der Waals surface area contributed by atoms with Gasteiger partial charge in [0.05, 0.1) is 0 Å². The lowest BCUT2D eigenvalue weighted by atomic mass is 10.2. The van der Waals surface area contributed by atoms with Crippen LogP contribution in [0.4, 0.5) is 8.78 Å². The quantitative estimate of drug-likeness (QED) is 0.587. The van der Waals surface area contributed by atoms with Gasteiger partial charge < -0.3 is 0 Å². The number of alkyl halides is 3. The second kappa shape index (κ2) is 4.53. The van der Waals surface area contributed by atoms with E-state index >= 15 is 0 Å². The Kier molecular flexibility index (Phi) is 3.88. The van der Waals surface area contributed by atoms with E-state index in [0.717, 1.165) is 6.07 Å². The van der Waals surface area contributed by atoms with Crippen LogP contribution in [0.25, 0.3) is 0 Å². The molecule has 0 saturated carbocycles. The highest BCUT2D eigenvalue weighted by Crippen LogP contribution is 2.30. The van der Waals surface area contributed by atoms with Gasteiger partial charge in [-0.05, 0) is 6.07 Å². The molecule has 0 amide bonds. The standard InChI is InChI=1S/C7H4BrCl2F2N/c8-2-4-3(7(11)12)1-5(9)13-6(4)10/h1,7H,2H2. The number of hydrogen-bond donors (Lipinski definition) is 0. The topological polar surface area (TPSA) is 12.9 Å². The van der Waals surface area contributed by atoms with Crippen molar-refractivity contribution in [2.24, 2.45) is 0 Å². The summed E-state index contributed by atoms with van der Waals surface area (Å²) in [5.41, 5.74) is 0.0999. The summed E-state index contributed by atoms with van der Waals surface area (Å²) in [6.45, 7) is 0. The van der Waals surface area contributed by atoms with Crippen LogP contribution in [0.2, 0.25) is 10.3 Å². The van der Waals surface area contributed by atoms with Gasteiger partial charge in [0.2, 0.25) is 0 Å². The number of rotatable bonds is 2. The van der Waals surface area contributed by atoms with E-state index in [0.29, 0.717) is 0 Å². The molecule has 0 bridgehead atoms. The normalized spacial score (nSPS) is 10.9. The Labute approximate surface area is 92.2 Å². The van der Waals surface area contributed by atoms with Crippen molar-refractivity contribution in [2.45, 2.75) is 11.8 Å². The molecule has 0 radical (unpaired) electrons. The highest BCUT2D eigenvalue weighted by molar-refractivity contribution is 9.08. The van der Waals surface area contributed by atoms with Gasteiger partial charge in [0.15, 0.2) is 0 Å². The monoisotopic (exact) mass is 289 g/mol. The van der Waals surface area contributed by atoms with Gasteiger partial charge in [0, 0.05) is 16.5 Å². The molecule has 0 fully saturated rings. The Bertz CT molecular complexity index is 320. The second-order valence-corrected chi connectivity index (χ2v) is 3.54. The molecule has 0 aliphatic heterocycles. The Morgan fingerprint density at radius 3 is 2.54 bits per heavy atom. The molecule has 72 valence electrons. The van der Waals surface area contributed by atoms with Gasteiger partial charge in [-0.1, -0.05) is 39.1 Å². The first kappa shape index (κ1) is 11.1. The van der Waals surface area contributed by atoms with Crippen molar-refractivity contribution in [1.29, 1.82) is 0 Å². The third-order valence-corrected chi connectivity index (χ3v) is 2.51. The lowest BCUT2D eigenvalue weighted by molar-refractivity contribution is 0.150. The van der Waals surface area contributed by atoms with Gasteiger partial charge in [-0.2, -0.15) is 0 Å². The zero-order valence-electron chi connectivity index (χ0n) is 6.20. The summed E-state index contributed by atoms with van der Waals surface area (Å²) < 4.78 is 24.8. The molecule has 1 heterocycles. The van der Waals surface area contributed by atoms with Gasteiger partial charge in [-0.3, -0.25) is 0 Å². The predicted octanol–water partition coefficient (Wildman–Crippen LogP) is 4.22. The molecule has 1 aromatic rings. The first-order valence-corrected chi connectivity index (χ1v) is 5.13. The summed E-state index contributed by atoms with van der Waals surface area (Å²) in [7, 11) is 0. The summed E-state index contributed by atoms with van der Waals surface area (Å²) in [4.78, 5) is 3.65. The minimum Gasteiger partial charge on any atom is -0.224 e. The van der Waals surface area contributed by atoms with Crippen molar-refractivity contribution in [3.05, 3.63) is 27.5 Å². The van der Waals surface area contributed by atoms with Crippen molar-refractivity contribution >= 4 is 39.1 Å². The Hall–Kier alpha value is 0.0700. The number of nitrogens with zero attached hydrogens (tertiary/aromatic N) is 1. The van der Waals surface area contributed by atoms with Crippen molar-refractivity contribution in [2.75, 3.05) is 0 Å². The van der Waals surface area contributed by atoms with Crippen LogP contribution >= 0.6 is 39.1 Å². The maximum absolute atomic E-state index is 12.4. The first-order chi connectivity index (χ1) is 6.06. The maximum atomic E-state index is 12.4. The lowest BCUT2D eigenvalue weighted by Crippen LogP contribution is -1.96. The molecule has 0 unspecified atom stereocenters. The van der Waals surface area contributed by atoms with E-state index in [2.05, 4.69) is 20.9 Å². The van der Waals surface area contributed by atoms with Crippen LogP contribution < -0.4 is 0 Å². The molecule has 0 aliphatic rings. The van der Waals surface area contributed by atoms with E-state index in [1.165, 1.54) is 0 Å². The molecule has 1 aromatic heterocycles. The summed E-state index contributed by atoms with van der Waals surface area (Å²) in [6.07, 6.45) is -2.59. The molecule has 1 rings (SSSR count). The van der Waals surface area contributed by atoms with Crippen LogP contribution in [0.1, 0.15) is 17.6 Å². The van der Waals surface area contributed by atoms with E-state index in [4.69, 9.17) is 23.2 Å². The van der Waals surface area contributed by atoms with Gasteiger partial charge in [0.25, 0.3) is 6.43 Å². The summed E-state index contributed by atoms with van der Waals surface area (Å²) in [5, 5.41) is 0.222. The third kappa shape index (κ3) is 2.51. The van der Waals surface area contributed by atoms with Gasteiger partial charge in [-0.15, -0.1) is 0 Å². The van der Waals surface area contributed by atoms with Crippen LogP contribution in [-0.2, 0) is 5.33 Å². The third-order valence-electron chi connectivity index (χ3n) is 1.45. The van der Waals surface area contributed by atoms with E-state index < -0.39 is 6.43 Å². The molecule has 0 aromatic carbocycles. The van der Waals surface area contributed by atoms with E-state index in [1.54, 1.807) is 0 Å². The number of aromatic nitrogens is 1. The fourth-order valence-corrected chi connectivity index (χ4v) is 2.12. The predicted molar refractivity (Wildman–Crippen MR) is 51.8 cm³/mol. The molecule has 13 heavy (non-hydrogen) atoms. The summed E-state index contributed by atoms with van der Waals surface area (Å²) in [6, 6.07) is 1.12. The van der Waals surface area contributed by atoms with Crippen molar-refractivity contribution in [1.82, 2.24) is 4.98 Å². The highest BCUT2D eigenvalue weighted by Gasteiger charge is 2.16. The zero-order chi connectivity index (χ0) is 10.0. The van der Waals surface area contributed by atoms with E-state index in [-0.39, 0.29) is 26.8 Å². The van der Waals surface area contributed by atoms with Gasteiger partial charge >= 0.3 is 0 Å². The van der Waals surface area contributed by atoms with Crippen molar-refractivity contribution in [3.63, 3.8) is 0 Å². The number of hydrogen-bond acceptors (Lipinski definition) is 1. The zero-order valence-corrected chi connectivity index (χ0v) is 9.30. The maximum Gasteiger partial charge on any atom is 0.264 e. The molecule has 0 saturated heterocycles. The van der Waals surface area contributed by atoms with Crippen molar-refractivity contribution < 1.29 is 8.78 Å². The average Bonchev–Trinajstić information content (AvgIpc) is 2.02. The molecule has 6 heteroatoms. The van der Waals surface area contributed by atoms with E-state index in [9.17, 15) is 8.78 Å². The Morgan fingerprint density at radius 2 is 2.08 bits per heavy atom. The molecular weight excluding hydrogens is 287 g/mol. The largest absolute Gasteiger partial charge is 0.264 e. The highest BCUT2D eigenvalue weighted by atomic mass is 79.9. The molecule has 0 atom stereocenters. The molecule has 0 spiro atoms.